The van der Waals surface area contributed by atoms with Crippen LogP contribution in [0.15, 0.2) is 68.8 Å². The highest BCUT2D eigenvalue weighted by molar-refractivity contribution is 7.99. The molecule has 0 aliphatic rings. The van der Waals surface area contributed by atoms with Crippen LogP contribution in [0.4, 0.5) is 5.69 Å². The number of benzene rings is 1. The predicted molar refractivity (Wildman–Crippen MR) is 103 cm³/mol. The maximum atomic E-state index is 12.3. The van der Waals surface area contributed by atoms with Gasteiger partial charge in [0.05, 0.1) is 0 Å². The average molecular weight is 376 g/mol. The predicted octanol–water partition coefficient (Wildman–Crippen LogP) is 4.38. The largest absolute Gasteiger partial charge is 0.450 e. The SMILES string of the molecule is Cc1cc(C)nc(Sc2ccc(/C=C(\C#N)C(=O)Nc3ccccc3)o2)n1. The van der Waals surface area contributed by atoms with Crippen LogP contribution >= 0.6 is 11.8 Å². The molecule has 0 saturated heterocycles. The Morgan fingerprint density at radius 3 is 2.52 bits per heavy atom. The summed E-state index contributed by atoms with van der Waals surface area (Å²) in [6.45, 7) is 3.80. The summed E-state index contributed by atoms with van der Waals surface area (Å²) >= 11 is 1.28. The fourth-order valence-corrected chi connectivity index (χ4v) is 3.14. The minimum Gasteiger partial charge on any atom is -0.450 e. The number of amides is 1. The number of rotatable bonds is 5. The summed E-state index contributed by atoms with van der Waals surface area (Å²) in [7, 11) is 0. The molecule has 27 heavy (non-hydrogen) atoms. The maximum Gasteiger partial charge on any atom is 0.266 e. The number of hydrogen-bond acceptors (Lipinski definition) is 6. The van der Waals surface area contributed by atoms with Crippen molar-refractivity contribution in [1.29, 1.82) is 5.26 Å². The van der Waals surface area contributed by atoms with Gasteiger partial charge >= 0.3 is 0 Å². The van der Waals surface area contributed by atoms with E-state index in [9.17, 15) is 10.1 Å². The lowest BCUT2D eigenvalue weighted by Crippen LogP contribution is -2.13. The Labute approximate surface area is 161 Å². The first-order chi connectivity index (χ1) is 13.0. The van der Waals surface area contributed by atoms with Gasteiger partial charge < -0.3 is 9.73 Å². The van der Waals surface area contributed by atoms with Crippen LogP contribution in [-0.2, 0) is 4.79 Å². The molecule has 6 nitrogen and oxygen atoms in total. The van der Waals surface area contributed by atoms with Crippen LogP contribution in [0.2, 0.25) is 0 Å². The van der Waals surface area contributed by atoms with E-state index in [1.165, 1.54) is 17.8 Å². The number of carbonyl (C=O) groups is 1. The first-order valence-corrected chi connectivity index (χ1v) is 8.93. The summed E-state index contributed by atoms with van der Waals surface area (Å²) in [5, 5.41) is 13.1. The van der Waals surface area contributed by atoms with Crippen molar-refractivity contribution in [2.24, 2.45) is 0 Å². The molecule has 0 spiro atoms. The Bertz CT molecular complexity index is 1020. The molecular formula is C20H16N4O2S. The van der Waals surface area contributed by atoms with Crippen molar-refractivity contribution < 1.29 is 9.21 Å². The first-order valence-electron chi connectivity index (χ1n) is 8.11. The lowest BCUT2D eigenvalue weighted by Gasteiger charge is -2.03. The van der Waals surface area contributed by atoms with Gasteiger partial charge in [-0.05, 0) is 55.9 Å². The highest BCUT2D eigenvalue weighted by atomic mass is 32.2. The van der Waals surface area contributed by atoms with Crippen LogP contribution in [0.3, 0.4) is 0 Å². The van der Waals surface area contributed by atoms with Crippen molar-refractivity contribution in [3.05, 3.63) is 71.3 Å². The molecule has 2 aromatic heterocycles. The smallest absolute Gasteiger partial charge is 0.266 e. The number of aromatic nitrogens is 2. The van der Waals surface area contributed by atoms with E-state index in [2.05, 4.69) is 15.3 Å². The van der Waals surface area contributed by atoms with Crippen LogP contribution in [0.25, 0.3) is 6.08 Å². The number of furan rings is 1. The second kappa shape index (κ2) is 8.34. The lowest BCUT2D eigenvalue weighted by molar-refractivity contribution is -0.112. The van der Waals surface area contributed by atoms with Gasteiger partial charge in [-0.25, -0.2) is 9.97 Å². The van der Waals surface area contributed by atoms with E-state index in [1.54, 1.807) is 36.4 Å². The fourth-order valence-electron chi connectivity index (χ4n) is 2.31. The Hall–Kier alpha value is -3.37. The van der Waals surface area contributed by atoms with Gasteiger partial charge in [0, 0.05) is 23.2 Å². The normalized spacial score (nSPS) is 11.1. The second-order valence-electron chi connectivity index (χ2n) is 5.68. The number of nitrogens with zero attached hydrogens (tertiary/aromatic N) is 3. The first kappa shape index (κ1) is 18.4. The molecule has 134 valence electrons. The number of nitrogens with one attached hydrogen (secondary N) is 1. The highest BCUT2D eigenvalue weighted by Crippen LogP contribution is 2.27. The molecule has 0 bridgehead atoms. The van der Waals surface area contributed by atoms with Crippen LogP contribution in [0.5, 0.6) is 0 Å². The third kappa shape index (κ3) is 5.06. The zero-order valence-corrected chi connectivity index (χ0v) is 15.6. The van der Waals surface area contributed by atoms with Crippen molar-refractivity contribution in [2.75, 3.05) is 5.32 Å². The molecule has 7 heteroatoms. The molecule has 0 fully saturated rings. The number of carbonyl (C=O) groups excluding carboxylic acids is 1. The number of anilines is 1. The topological polar surface area (TPSA) is 91.8 Å². The van der Waals surface area contributed by atoms with Gasteiger partial charge in [0.15, 0.2) is 10.2 Å². The molecule has 0 aliphatic carbocycles. The van der Waals surface area contributed by atoms with Crippen molar-refractivity contribution in [3.63, 3.8) is 0 Å². The monoisotopic (exact) mass is 376 g/mol. The number of nitriles is 1. The third-order valence-corrected chi connectivity index (χ3v) is 4.22. The molecule has 1 aromatic carbocycles. The minimum atomic E-state index is -0.494. The summed E-state index contributed by atoms with van der Waals surface area (Å²) < 4.78 is 5.68. The van der Waals surface area contributed by atoms with Crippen LogP contribution in [0.1, 0.15) is 17.1 Å². The Morgan fingerprint density at radius 2 is 1.85 bits per heavy atom. The van der Waals surface area contributed by atoms with Gasteiger partial charge in [0.2, 0.25) is 0 Å². The van der Waals surface area contributed by atoms with Crippen molar-refractivity contribution >= 4 is 29.4 Å². The summed E-state index contributed by atoms with van der Waals surface area (Å²) in [6, 6.07) is 16.2. The number of para-hydroxylation sites is 1. The molecule has 2 heterocycles. The van der Waals surface area contributed by atoms with Crippen molar-refractivity contribution in [1.82, 2.24) is 9.97 Å². The van der Waals surface area contributed by atoms with Gasteiger partial charge in [-0.2, -0.15) is 5.26 Å². The van der Waals surface area contributed by atoms with Crippen molar-refractivity contribution in [3.8, 4) is 6.07 Å². The Kier molecular flexibility index (Phi) is 5.69. The molecule has 3 aromatic rings. The zero-order chi connectivity index (χ0) is 19.2. The molecule has 0 aliphatic heterocycles. The van der Waals surface area contributed by atoms with Crippen LogP contribution < -0.4 is 5.32 Å². The molecular weight excluding hydrogens is 360 g/mol. The van der Waals surface area contributed by atoms with E-state index in [1.807, 2.05) is 32.0 Å². The van der Waals surface area contributed by atoms with E-state index >= 15 is 0 Å². The Morgan fingerprint density at radius 1 is 1.15 bits per heavy atom. The van der Waals surface area contributed by atoms with E-state index in [0.29, 0.717) is 21.7 Å². The summed E-state index contributed by atoms with van der Waals surface area (Å²) in [4.78, 5) is 21.0. The van der Waals surface area contributed by atoms with Gasteiger partial charge in [0.25, 0.3) is 5.91 Å². The van der Waals surface area contributed by atoms with E-state index in [0.717, 1.165) is 11.4 Å². The van der Waals surface area contributed by atoms with Gasteiger partial charge in [0.1, 0.15) is 17.4 Å². The number of aryl methyl sites for hydroxylation is 2. The fraction of sp³-hybridized carbons (Fsp3) is 0.100. The molecule has 3 rings (SSSR count). The zero-order valence-electron chi connectivity index (χ0n) is 14.8. The highest BCUT2D eigenvalue weighted by Gasteiger charge is 2.12. The quantitative estimate of drug-likeness (QED) is 0.403. The summed E-state index contributed by atoms with van der Waals surface area (Å²) in [6.07, 6.45) is 1.41. The average Bonchev–Trinajstić information content (AvgIpc) is 3.06. The third-order valence-electron chi connectivity index (χ3n) is 3.44. The lowest BCUT2D eigenvalue weighted by atomic mass is 10.2. The molecule has 0 saturated carbocycles. The minimum absolute atomic E-state index is 0.0487. The van der Waals surface area contributed by atoms with E-state index in [4.69, 9.17) is 4.42 Å². The van der Waals surface area contributed by atoms with E-state index in [-0.39, 0.29) is 5.57 Å². The summed E-state index contributed by atoms with van der Waals surface area (Å²) in [5.74, 6) is -0.0893. The van der Waals surface area contributed by atoms with Gasteiger partial charge in [-0.1, -0.05) is 18.2 Å². The molecule has 0 unspecified atom stereocenters. The molecule has 1 amide bonds. The molecule has 0 radical (unpaired) electrons. The molecule has 0 atom stereocenters. The second-order valence-corrected chi connectivity index (χ2v) is 6.65. The number of hydrogen-bond donors (Lipinski definition) is 1. The molecule has 1 N–H and O–H groups in total. The van der Waals surface area contributed by atoms with Gasteiger partial charge in [-0.15, -0.1) is 0 Å². The Balaban J connectivity index is 1.74. The standard InChI is InChI=1S/C20H16N4O2S/c1-13-10-14(2)23-20(22-13)27-18-9-8-17(26-18)11-15(12-21)19(25)24-16-6-4-3-5-7-16/h3-11H,1-2H3,(H,24,25)/b15-11+. The van der Waals surface area contributed by atoms with Gasteiger partial charge in [-0.3, -0.25) is 4.79 Å². The summed E-state index contributed by atoms with van der Waals surface area (Å²) in [5.41, 5.74) is 2.32. The van der Waals surface area contributed by atoms with E-state index < -0.39 is 5.91 Å². The maximum absolute atomic E-state index is 12.3. The van der Waals surface area contributed by atoms with Crippen molar-refractivity contribution in [2.45, 2.75) is 24.1 Å². The van der Waals surface area contributed by atoms with Crippen LogP contribution in [-0.4, -0.2) is 15.9 Å². The van der Waals surface area contributed by atoms with Crippen LogP contribution in [0, 0.1) is 25.2 Å².